The highest BCUT2D eigenvalue weighted by Crippen LogP contribution is 2.13. The lowest BCUT2D eigenvalue weighted by Gasteiger charge is -2.05. The van der Waals surface area contributed by atoms with Gasteiger partial charge in [-0.1, -0.05) is 15.9 Å². The molecule has 0 saturated carbocycles. The molecule has 76 valence electrons. The molecule has 0 bridgehead atoms. The molecule has 0 radical (unpaired) electrons. The number of hydrogen-bond acceptors (Lipinski definition) is 3. The van der Waals surface area contributed by atoms with Gasteiger partial charge in [-0.2, -0.15) is 0 Å². The van der Waals surface area contributed by atoms with Crippen LogP contribution in [0.4, 0.5) is 4.79 Å². The van der Waals surface area contributed by atoms with Crippen LogP contribution in [0.5, 0.6) is 0 Å². The third kappa shape index (κ3) is 3.33. The summed E-state index contributed by atoms with van der Waals surface area (Å²) in [6, 6.07) is 1.82. The number of ether oxygens (including phenoxy) is 1. The van der Waals surface area contributed by atoms with E-state index in [-0.39, 0.29) is 0 Å². The van der Waals surface area contributed by atoms with Crippen molar-refractivity contribution in [2.75, 3.05) is 6.61 Å². The lowest BCUT2D eigenvalue weighted by atomic mass is 10.3. The fourth-order valence-electron chi connectivity index (χ4n) is 0.890. The van der Waals surface area contributed by atoms with E-state index in [9.17, 15) is 4.79 Å². The van der Waals surface area contributed by atoms with Gasteiger partial charge in [0, 0.05) is 29.0 Å². The maximum absolute atomic E-state index is 11.0. The van der Waals surface area contributed by atoms with Crippen LogP contribution in [0, 0.1) is 0 Å². The van der Waals surface area contributed by atoms with E-state index in [0.29, 0.717) is 13.2 Å². The molecule has 0 spiro atoms. The third-order valence-electron chi connectivity index (χ3n) is 1.54. The minimum atomic E-state index is -0.414. The van der Waals surface area contributed by atoms with Gasteiger partial charge in [-0.15, -0.1) is 0 Å². The highest BCUT2D eigenvalue weighted by molar-refractivity contribution is 9.10. The number of hydrogen-bond donors (Lipinski definition) is 1. The molecule has 1 N–H and O–H groups in total. The Morgan fingerprint density at radius 1 is 1.71 bits per heavy atom. The standard InChI is InChI=1S/C9H11BrN2O2/c1-2-14-9(13)12-6-7-5-11-4-3-8(7)10/h3-5H,2,6H2,1H3,(H,12,13). The third-order valence-corrected chi connectivity index (χ3v) is 2.32. The molecule has 0 aliphatic carbocycles. The molecule has 1 rings (SSSR count). The van der Waals surface area contributed by atoms with Crippen LogP contribution in [-0.2, 0) is 11.3 Å². The summed E-state index contributed by atoms with van der Waals surface area (Å²) >= 11 is 3.35. The Morgan fingerprint density at radius 3 is 3.14 bits per heavy atom. The Kier molecular flexibility index (Phi) is 4.39. The maximum atomic E-state index is 11.0. The van der Waals surface area contributed by atoms with Crippen LogP contribution in [0.1, 0.15) is 12.5 Å². The van der Waals surface area contributed by atoms with E-state index in [1.54, 1.807) is 19.3 Å². The summed E-state index contributed by atoms with van der Waals surface area (Å²) < 4.78 is 5.64. The van der Waals surface area contributed by atoms with Crippen molar-refractivity contribution < 1.29 is 9.53 Å². The van der Waals surface area contributed by atoms with Crippen LogP contribution in [0.3, 0.4) is 0 Å². The topological polar surface area (TPSA) is 51.2 Å². The normalized spacial score (nSPS) is 9.57. The molecule has 0 saturated heterocycles. The predicted molar refractivity (Wildman–Crippen MR) is 55.8 cm³/mol. The summed E-state index contributed by atoms with van der Waals surface area (Å²) in [6.45, 7) is 2.55. The van der Waals surface area contributed by atoms with Crippen molar-refractivity contribution in [1.29, 1.82) is 0 Å². The summed E-state index contributed by atoms with van der Waals surface area (Å²) in [7, 11) is 0. The number of pyridine rings is 1. The summed E-state index contributed by atoms with van der Waals surface area (Å²) in [5.74, 6) is 0. The van der Waals surface area contributed by atoms with Crippen LogP contribution < -0.4 is 5.32 Å². The minimum Gasteiger partial charge on any atom is -0.450 e. The number of aromatic nitrogens is 1. The minimum absolute atomic E-state index is 0.375. The zero-order valence-corrected chi connectivity index (χ0v) is 9.37. The molecule has 14 heavy (non-hydrogen) atoms. The average molecular weight is 259 g/mol. The fraction of sp³-hybridized carbons (Fsp3) is 0.333. The van der Waals surface area contributed by atoms with E-state index in [2.05, 4.69) is 26.2 Å². The van der Waals surface area contributed by atoms with Gasteiger partial charge >= 0.3 is 6.09 Å². The zero-order valence-electron chi connectivity index (χ0n) is 7.79. The van der Waals surface area contributed by atoms with Gasteiger partial charge in [0.15, 0.2) is 0 Å². The molecule has 1 aromatic heterocycles. The molecule has 1 amide bonds. The monoisotopic (exact) mass is 258 g/mol. The molecule has 1 aromatic rings. The van der Waals surface area contributed by atoms with E-state index in [1.807, 2.05) is 6.07 Å². The van der Waals surface area contributed by atoms with E-state index in [0.717, 1.165) is 10.0 Å². The SMILES string of the molecule is CCOC(=O)NCc1cnccc1Br. The van der Waals surface area contributed by atoms with Crippen LogP contribution in [0.25, 0.3) is 0 Å². The number of carbonyl (C=O) groups excluding carboxylic acids is 1. The molecule has 0 atom stereocenters. The highest BCUT2D eigenvalue weighted by Gasteiger charge is 2.02. The number of amides is 1. The Balaban J connectivity index is 2.46. The maximum Gasteiger partial charge on any atom is 0.407 e. The molecule has 0 unspecified atom stereocenters. The molecular weight excluding hydrogens is 248 g/mol. The summed E-state index contributed by atoms with van der Waals surface area (Å²) in [6.07, 6.45) is 2.96. The molecule has 5 heteroatoms. The lowest BCUT2D eigenvalue weighted by molar-refractivity contribution is 0.151. The van der Waals surface area contributed by atoms with Crippen LogP contribution in [0.15, 0.2) is 22.9 Å². The first-order valence-corrected chi connectivity index (χ1v) is 5.02. The molecule has 1 heterocycles. The molecule has 4 nitrogen and oxygen atoms in total. The summed E-state index contributed by atoms with van der Waals surface area (Å²) in [5, 5.41) is 2.61. The second-order valence-electron chi connectivity index (χ2n) is 2.54. The zero-order chi connectivity index (χ0) is 10.4. The van der Waals surface area contributed by atoms with Crippen molar-refractivity contribution in [3.8, 4) is 0 Å². The largest absolute Gasteiger partial charge is 0.450 e. The average Bonchev–Trinajstić information content (AvgIpc) is 2.17. The van der Waals surface area contributed by atoms with E-state index in [1.165, 1.54) is 0 Å². The molecule has 0 aliphatic rings. The van der Waals surface area contributed by atoms with Crippen LogP contribution in [-0.4, -0.2) is 17.7 Å². The first-order valence-electron chi connectivity index (χ1n) is 4.23. The van der Waals surface area contributed by atoms with E-state index >= 15 is 0 Å². The molecule has 0 fully saturated rings. The van der Waals surface area contributed by atoms with E-state index < -0.39 is 6.09 Å². The van der Waals surface area contributed by atoms with Gasteiger partial charge in [0.1, 0.15) is 0 Å². The van der Waals surface area contributed by atoms with Gasteiger partial charge in [-0.3, -0.25) is 4.98 Å². The molecule has 0 aromatic carbocycles. The predicted octanol–water partition coefficient (Wildman–Crippen LogP) is 2.09. The second-order valence-corrected chi connectivity index (χ2v) is 3.40. The number of halogens is 1. The first kappa shape index (κ1) is 11.0. The van der Waals surface area contributed by atoms with Crippen LogP contribution >= 0.6 is 15.9 Å². The Hall–Kier alpha value is -1.10. The summed E-state index contributed by atoms with van der Waals surface area (Å²) in [5.41, 5.74) is 0.917. The van der Waals surface area contributed by atoms with Gasteiger partial charge in [-0.25, -0.2) is 4.79 Å². The first-order chi connectivity index (χ1) is 6.74. The van der Waals surface area contributed by atoms with Crippen molar-refractivity contribution in [2.45, 2.75) is 13.5 Å². The number of nitrogens with one attached hydrogen (secondary N) is 1. The van der Waals surface area contributed by atoms with Crippen molar-refractivity contribution in [3.63, 3.8) is 0 Å². The lowest BCUT2D eigenvalue weighted by Crippen LogP contribution is -2.23. The smallest absolute Gasteiger partial charge is 0.407 e. The number of carbonyl (C=O) groups is 1. The van der Waals surface area contributed by atoms with Crippen molar-refractivity contribution in [3.05, 3.63) is 28.5 Å². The van der Waals surface area contributed by atoms with E-state index in [4.69, 9.17) is 4.74 Å². The Bertz CT molecular complexity index is 317. The molecule has 0 aliphatic heterocycles. The van der Waals surface area contributed by atoms with Gasteiger partial charge < -0.3 is 10.1 Å². The quantitative estimate of drug-likeness (QED) is 0.904. The van der Waals surface area contributed by atoms with Crippen molar-refractivity contribution in [1.82, 2.24) is 10.3 Å². The van der Waals surface area contributed by atoms with Gasteiger partial charge in [-0.05, 0) is 13.0 Å². The Morgan fingerprint density at radius 2 is 2.50 bits per heavy atom. The fourth-order valence-corrected chi connectivity index (χ4v) is 1.25. The Labute approximate surface area is 90.8 Å². The number of alkyl carbamates (subject to hydrolysis) is 1. The molecular formula is C9H11BrN2O2. The second kappa shape index (κ2) is 5.59. The van der Waals surface area contributed by atoms with Gasteiger partial charge in [0.25, 0.3) is 0 Å². The van der Waals surface area contributed by atoms with Crippen LogP contribution in [0.2, 0.25) is 0 Å². The van der Waals surface area contributed by atoms with Gasteiger partial charge in [0.2, 0.25) is 0 Å². The number of nitrogens with zero attached hydrogens (tertiary/aromatic N) is 1. The number of rotatable bonds is 3. The van der Waals surface area contributed by atoms with Gasteiger partial charge in [0.05, 0.1) is 6.61 Å². The van der Waals surface area contributed by atoms with Crippen molar-refractivity contribution in [2.24, 2.45) is 0 Å². The summed E-state index contributed by atoms with van der Waals surface area (Å²) in [4.78, 5) is 14.9. The highest BCUT2D eigenvalue weighted by atomic mass is 79.9. The van der Waals surface area contributed by atoms with Crippen molar-refractivity contribution >= 4 is 22.0 Å².